The quantitative estimate of drug-likeness (QED) is 0.562. The number of hydrogen-bond acceptors (Lipinski definition) is 5. The first kappa shape index (κ1) is 20.9. The molecule has 0 spiro atoms. The van der Waals surface area contributed by atoms with Crippen LogP contribution >= 0.6 is 0 Å². The second-order valence-corrected chi connectivity index (χ2v) is 6.86. The zero-order chi connectivity index (χ0) is 20.7. The maximum absolute atomic E-state index is 11.9. The van der Waals surface area contributed by atoms with E-state index in [9.17, 15) is 19.7 Å². The molecule has 0 aliphatic carbocycles. The number of benzene rings is 2. The normalized spacial score (nSPS) is 10.8. The Hall–Kier alpha value is -3.42. The van der Waals surface area contributed by atoms with E-state index in [0.29, 0.717) is 5.75 Å². The van der Waals surface area contributed by atoms with Crippen molar-refractivity contribution in [2.24, 2.45) is 0 Å². The summed E-state index contributed by atoms with van der Waals surface area (Å²) in [6.07, 6.45) is 1.00. The number of nitrogens with one attached hydrogen (secondary N) is 2. The first-order valence-corrected chi connectivity index (χ1v) is 8.80. The molecule has 2 N–H and O–H groups in total. The lowest BCUT2D eigenvalue weighted by Gasteiger charge is -2.23. The maximum Gasteiger partial charge on any atom is 0.276 e. The summed E-state index contributed by atoms with van der Waals surface area (Å²) in [5, 5.41) is 10.6. The van der Waals surface area contributed by atoms with Crippen molar-refractivity contribution >= 4 is 17.5 Å². The average molecular weight is 385 g/mol. The summed E-state index contributed by atoms with van der Waals surface area (Å²) in [4.78, 5) is 33.8. The summed E-state index contributed by atoms with van der Waals surface area (Å²) < 4.78 is 5.41. The van der Waals surface area contributed by atoms with Gasteiger partial charge in [0.25, 0.3) is 17.5 Å². The number of non-ortho nitro benzene ring substituents is 1. The van der Waals surface area contributed by atoms with Gasteiger partial charge >= 0.3 is 0 Å². The van der Waals surface area contributed by atoms with Crippen molar-refractivity contribution in [2.75, 3.05) is 6.61 Å². The van der Waals surface area contributed by atoms with Gasteiger partial charge in [-0.3, -0.25) is 30.6 Å². The molecular weight excluding hydrogens is 362 g/mol. The Morgan fingerprint density at radius 2 is 1.64 bits per heavy atom. The van der Waals surface area contributed by atoms with Gasteiger partial charge in [-0.2, -0.15) is 0 Å². The molecule has 28 heavy (non-hydrogen) atoms. The van der Waals surface area contributed by atoms with E-state index in [2.05, 4.69) is 31.6 Å². The van der Waals surface area contributed by atoms with Gasteiger partial charge in [-0.15, -0.1) is 0 Å². The van der Waals surface area contributed by atoms with E-state index in [4.69, 9.17) is 4.74 Å². The fourth-order valence-electron chi connectivity index (χ4n) is 2.32. The highest BCUT2D eigenvalue weighted by Gasteiger charge is 2.17. The molecule has 0 heterocycles. The van der Waals surface area contributed by atoms with Gasteiger partial charge in [0.2, 0.25) is 0 Å². The molecule has 0 saturated carbocycles. The SMILES string of the molecule is CCC(C)(C)c1ccc(OCC(=O)NNC(=O)c2ccc([N+](=O)[O-])cc2)cc1. The summed E-state index contributed by atoms with van der Waals surface area (Å²) in [6, 6.07) is 12.6. The monoisotopic (exact) mass is 385 g/mol. The molecule has 0 saturated heterocycles. The van der Waals surface area contributed by atoms with Crippen LogP contribution in [0.15, 0.2) is 48.5 Å². The Balaban J connectivity index is 1.81. The van der Waals surface area contributed by atoms with Gasteiger partial charge in [0.15, 0.2) is 6.61 Å². The number of rotatable bonds is 7. The molecule has 2 aromatic carbocycles. The second kappa shape index (κ2) is 8.98. The van der Waals surface area contributed by atoms with Crippen LogP contribution in [0.3, 0.4) is 0 Å². The van der Waals surface area contributed by atoms with Crippen LogP contribution < -0.4 is 15.6 Å². The van der Waals surface area contributed by atoms with Gasteiger partial charge in [0.1, 0.15) is 5.75 Å². The Morgan fingerprint density at radius 3 is 2.18 bits per heavy atom. The molecule has 0 aliphatic rings. The highest BCUT2D eigenvalue weighted by Crippen LogP contribution is 2.27. The third kappa shape index (κ3) is 5.54. The number of ether oxygens (including phenoxy) is 1. The number of hydrazine groups is 1. The molecular formula is C20H23N3O5. The standard InChI is InChI=1S/C20H23N3O5/c1-4-20(2,3)15-7-11-17(12-8-15)28-13-18(24)21-22-19(25)14-5-9-16(10-6-14)23(26)27/h5-12H,4,13H2,1-3H3,(H,21,24)(H,22,25). The van der Waals surface area contributed by atoms with Crippen molar-refractivity contribution in [2.45, 2.75) is 32.6 Å². The Labute approximate surface area is 163 Å². The van der Waals surface area contributed by atoms with Crippen molar-refractivity contribution in [3.8, 4) is 5.75 Å². The first-order chi connectivity index (χ1) is 13.2. The number of carbonyl (C=O) groups excluding carboxylic acids is 2. The van der Waals surface area contributed by atoms with E-state index in [1.165, 1.54) is 29.8 Å². The molecule has 2 aromatic rings. The fourth-order valence-corrected chi connectivity index (χ4v) is 2.32. The average Bonchev–Trinajstić information content (AvgIpc) is 2.70. The van der Waals surface area contributed by atoms with Gasteiger partial charge in [-0.1, -0.05) is 32.9 Å². The van der Waals surface area contributed by atoms with E-state index in [1.807, 2.05) is 12.1 Å². The van der Waals surface area contributed by atoms with E-state index < -0.39 is 16.7 Å². The topological polar surface area (TPSA) is 111 Å². The van der Waals surface area contributed by atoms with Crippen LogP contribution in [0, 0.1) is 10.1 Å². The minimum absolute atomic E-state index is 0.0675. The number of amides is 2. The number of carbonyl (C=O) groups is 2. The van der Waals surface area contributed by atoms with Gasteiger partial charge in [-0.25, -0.2) is 0 Å². The summed E-state index contributed by atoms with van der Waals surface area (Å²) in [6.45, 7) is 6.17. The molecule has 0 atom stereocenters. The molecule has 0 aromatic heterocycles. The smallest absolute Gasteiger partial charge is 0.276 e. The van der Waals surface area contributed by atoms with E-state index in [1.54, 1.807) is 12.1 Å². The van der Waals surface area contributed by atoms with Crippen molar-refractivity contribution in [1.82, 2.24) is 10.9 Å². The maximum atomic E-state index is 11.9. The van der Waals surface area contributed by atoms with Crippen molar-refractivity contribution in [3.63, 3.8) is 0 Å². The van der Waals surface area contributed by atoms with Gasteiger partial charge in [0, 0.05) is 17.7 Å². The third-order valence-electron chi connectivity index (χ3n) is 4.55. The summed E-state index contributed by atoms with van der Waals surface area (Å²) >= 11 is 0. The largest absolute Gasteiger partial charge is 0.484 e. The van der Waals surface area contributed by atoms with E-state index in [-0.39, 0.29) is 23.3 Å². The number of hydrogen-bond donors (Lipinski definition) is 2. The lowest BCUT2D eigenvalue weighted by molar-refractivity contribution is -0.384. The van der Waals surface area contributed by atoms with Crippen LogP contribution in [0.4, 0.5) is 5.69 Å². The predicted octanol–water partition coefficient (Wildman–Crippen LogP) is 3.12. The van der Waals surface area contributed by atoms with Crippen LogP contribution in [-0.2, 0) is 10.2 Å². The molecule has 2 rings (SSSR count). The van der Waals surface area contributed by atoms with Crippen molar-refractivity contribution in [1.29, 1.82) is 0 Å². The van der Waals surface area contributed by atoms with E-state index >= 15 is 0 Å². The van der Waals surface area contributed by atoms with Gasteiger partial charge < -0.3 is 4.74 Å². The van der Waals surface area contributed by atoms with Gasteiger partial charge in [-0.05, 0) is 41.7 Å². The lowest BCUT2D eigenvalue weighted by Crippen LogP contribution is -2.43. The molecule has 2 amide bonds. The molecule has 0 aliphatic heterocycles. The molecule has 0 unspecified atom stereocenters. The first-order valence-electron chi connectivity index (χ1n) is 8.80. The highest BCUT2D eigenvalue weighted by atomic mass is 16.6. The fraction of sp³-hybridized carbons (Fsp3) is 0.300. The highest BCUT2D eigenvalue weighted by molar-refractivity contribution is 5.95. The number of nitro groups is 1. The van der Waals surface area contributed by atoms with Crippen LogP contribution in [0.5, 0.6) is 5.75 Å². The van der Waals surface area contributed by atoms with Crippen LogP contribution in [0.2, 0.25) is 0 Å². The minimum Gasteiger partial charge on any atom is -0.484 e. The Morgan fingerprint density at radius 1 is 1.04 bits per heavy atom. The summed E-state index contributed by atoms with van der Waals surface area (Å²) in [7, 11) is 0. The summed E-state index contributed by atoms with van der Waals surface area (Å²) in [5.41, 5.74) is 5.78. The summed E-state index contributed by atoms with van der Waals surface area (Å²) in [5.74, 6) is -0.574. The van der Waals surface area contributed by atoms with E-state index in [0.717, 1.165) is 6.42 Å². The molecule has 8 heteroatoms. The van der Waals surface area contributed by atoms with Crippen LogP contribution in [-0.4, -0.2) is 23.3 Å². The third-order valence-corrected chi connectivity index (χ3v) is 4.55. The van der Waals surface area contributed by atoms with Crippen molar-refractivity contribution in [3.05, 3.63) is 69.8 Å². The van der Waals surface area contributed by atoms with Crippen LogP contribution in [0.1, 0.15) is 43.1 Å². The minimum atomic E-state index is -0.589. The predicted molar refractivity (Wildman–Crippen MR) is 104 cm³/mol. The lowest BCUT2D eigenvalue weighted by atomic mass is 9.82. The second-order valence-electron chi connectivity index (χ2n) is 6.86. The van der Waals surface area contributed by atoms with Crippen molar-refractivity contribution < 1.29 is 19.2 Å². The number of nitrogens with zero attached hydrogens (tertiary/aromatic N) is 1. The van der Waals surface area contributed by atoms with Crippen LogP contribution in [0.25, 0.3) is 0 Å². The molecule has 0 fully saturated rings. The Kier molecular flexibility index (Phi) is 6.70. The molecule has 0 bridgehead atoms. The van der Waals surface area contributed by atoms with Gasteiger partial charge in [0.05, 0.1) is 4.92 Å². The zero-order valence-electron chi connectivity index (χ0n) is 16.0. The zero-order valence-corrected chi connectivity index (χ0v) is 16.0. The molecule has 8 nitrogen and oxygen atoms in total. The molecule has 148 valence electrons. The molecule has 0 radical (unpaired) electrons. The number of nitro benzene ring substituents is 1. The Bertz CT molecular complexity index is 845.